The van der Waals surface area contributed by atoms with Crippen molar-refractivity contribution < 1.29 is 14.3 Å². The van der Waals surface area contributed by atoms with Crippen LogP contribution in [0.4, 0.5) is 0 Å². The van der Waals surface area contributed by atoms with Crippen LogP contribution < -0.4 is 14.8 Å². The summed E-state index contributed by atoms with van der Waals surface area (Å²) in [5.41, 5.74) is -0.365. The summed E-state index contributed by atoms with van der Waals surface area (Å²) in [6.45, 7) is 5.86. The second-order valence-electron chi connectivity index (χ2n) is 6.36. The zero-order valence-electron chi connectivity index (χ0n) is 12.1. The Hall–Kier alpha value is -1.13. The van der Waals surface area contributed by atoms with Crippen molar-refractivity contribution in [1.29, 1.82) is 0 Å². The first kappa shape index (κ1) is 14.8. The van der Waals surface area contributed by atoms with Gasteiger partial charge in [-0.15, -0.1) is 23.2 Å². The van der Waals surface area contributed by atoms with Gasteiger partial charge in [0.25, 0.3) is 0 Å². The van der Waals surface area contributed by atoms with Crippen molar-refractivity contribution in [3.8, 4) is 11.5 Å². The van der Waals surface area contributed by atoms with Crippen molar-refractivity contribution in [3.63, 3.8) is 0 Å². The number of carbonyl (C=O) groups excluding carboxylic acids is 1. The van der Waals surface area contributed by atoms with E-state index in [-0.39, 0.29) is 12.7 Å². The number of hydrogen-bond acceptors (Lipinski definition) is 3. The molecule has 1 aliphatic heterocycles. The molecule has 0 radical (unpaired) electrons. The molecule has 0 spiro atoms. The predicted octanol–water partition coefficient (Wildman–Crippen LogP) is 3.35. The maximum Gasteiger partial charge on any atom is 0.231 e. The molecular weight excluding hydrogens is 313 g/mol. The standard InChI is InChI=1S/C15H17Cl2NO3/c1-13(2,18-12(19)14(3)7-15(14,16)17)9-4-5-10-11(6-9)21-8-20-10/h4-6H,7-8H2,1-3H3,(H,18,19)/t14-/m0/s1. The Balaban J connectivity index is 1.80. The fraction of sp³-hybridized carbons (Fsp3) is 0.533. The molecule has 1 saturated carbocycles. The van der Waals surface area contributed by atoms with E-state index in [4.69, 9.17) is 32.7 Å². The monoisotopic (exact) mass is 329 g/mol. The van der Waals surface area contributed by atoms with Crippen LogP contribution in [0.25, 0.3) is 0 Å². The lowest BCUT2D eigenvalue weighted by molar-refractivity contribution is -0.127. The van der Waals surface area contributed by atoms with Crippen LogP contribution in [0.1, 0.15) is 32.8 Å². The molecule has 1 aromatic rings. The molecule has 4 nitrogen and oxygen atoms in total. The molecule has 1 N–H and O–H groups in total. The molecule has 21 heavy (non-hydrogen) atoms. The van der Waals surface area contributed by atoms with Crippen molar-refractivity contribution in [2.45, 2.75) is 37.1 Å². The number of alkyl halides is 2. The second-order valence-corrected chi connectivity index (χ2v) is 7.84. The number of fused-ring (bicyclic) bond motifs is 1. The molecule has 1 heterocycles. The van der Waals surface area contributed by atoms with Crippen molar-refractivity contribution in [2.24, 2.45) is 5.41 Å². The lowest BCUT2D eigenvalue weighted by Crippen LogP contribution is -2.45. The van der Waals surface area contributed by atoms with Gasteiger partial charge in [0.15, 0.2) is 11.5 Å². The molecule has 6 heteroatoms. The summed E-state index contributed by atoms with van der Waals surface area (Å²) in [5, 5.41) is 3.02. The van der Waals surface area contributed by atoms with Gasteiger partial charge in [0.2, 0.25) is 12.7 Å². The number of amides is 1. The molecule has 1 aromatic carbocycles. The number of hydrogen-bond donors (Lipinski definition) is 1. The lowest BCUT2D eigenvalue weighted by Gasteiger charge is -2.29. The highest BCUT2D eigenvalue weighted by Crippen LogP contribution is 2.64. The molecule has 0 saturated heterocycles. The molecule has 1 aliphatic carbocycles. The lowest BCUT2D eigenvalue weighted by atomic mass is 9.92. The summed E-state index contributed by atoms with van der Waals surface area (Å²) in [7, 11) is 0. The third-order valence-electron chi connectivity index (χ3n) is 4.28. The van der Waals surface area contributed by atoms with Crippen LogP contribution in [0, 0.1) is 5.41 Å². The van der Waals surface area contributed by atoms with Crippen LogP contribution in [-0.2, 0) is 10.3 Å². The molecule has 1 amide bonds. The zero-order valence-corrected chi connectivity index (χ0v) is 13.6. The maximum absolute atomic E-state index is 12.4. The molecule has 0 aromatic heterocycles. The number of carbonyl (C=O) groups is 1. The smallest absolute Gasteiger partial charge is 0.231 e. The van der Waals surface area contributed by atoms with Gasteiger partial charge in [-0.2, -0.15) is 0 Å². The van der Waals surface area contributed by atoms with E-state index in [0.29, 0.717) is 12.2 Å². The Morgan fingerprint density at radius 1 is 1.29 bits per heavy atom. The molecule has 114 valence electrons. The minimum Gasteiger partial charge on any atom is -0.454 e. The summed E-state index contributed by atoms with van der Waals surface area (Å²) < 4.78 is 9.70. The fourth-order valence-corrected chi connectivity index (χ4v) is 3.13. The molecule has 1 fully saturated rings. The first-order chi connectivity index (χ1) is 9.66. The second kappa shape index (κ2) is 4.43. The summed E-state index contributed by atoms with van der Waals surface area (Å²) in [5.74, 6) is 1.27. The number of benzene rings is 1. The van der Waals surface area contributed by atoms with Gasteiger partial charge in [-0.25, -0.2) is 0 Å². The van der Waals surface area contributed by atoms with Gasteiger partial charge >= 0.3 is 0 Å². The first-order valence-electron chi connectivity index (χ1n) is 6.76. The van der Waals surface area contributed by atoms with Gasteiger partial charge in [0.05, 0.1) is 11.0 Å². The predicted molar refractivity (Wildman–Crippen MR) is 80.9 cm³/mol. The topological polar surface area (TPSA) is 47.6 Å². The highest BCUT2D eigenvalue weighted by Gasteiger charge is 2.68. The Kier molecular flexibility index (Phi) is 3.12. The van der Waals surface area contributed by atoms with E-state index in [1.807, 2.05) is 32.0 Å². The zero-order chi connectivity index (χ0) is 15.5. The SMILES string of the molecule is CC(C)(NC(=O)[C@]1(C)CC1(Cl)Cl)c1ccc2c(c1)OCO2. The van der Waals surface area contributed by atoms with Gasteiger partial charge in [-0.3, -0.25) is 4.79 Å². The largest absolute Gasteiger partial charge is 0.454 e. The summed E-state index contributed by atoms with van der Waals surface area (Å²) >= 11 is 12.1. The summed E-state index contributed by atoms with van der Waals surface area (Å²) in [4.78, 5) is 12.4. The van der Waals surface area contributed by atoms with E-state index in [1.54, 1.807) is 6.92 Å². The van der Waals surface area contributed by atoms with Crippen LogP contribution in [-0.4, -0.2) is 17.0 Å². The van der Waals surface area contributed by atoms with Crippen LogP contribution in [0.5, 0.6) is 11.5 Å². The minimum absolute atomic E-state index is 0.143. The molecule has 1 atom stereocenters. The Labute approximate surface area is 133 Å². The minimum atomic E-state index is -0.970. The van der Waals surface area contributed by atoms with Crippen molar-refractivity contribution in [1.82, 2.24) is 5.32 Å². The van der Waals surface area contributed by atoms with Crippen molar-refractivity contribution >= 4 is 29.1 Å². The highest BCUT2D eigenvalue weighted by atomic mass is 35.5. The summed E-state index contributed by atoms with van der Waals surface area (Å²) in [6.07, 6.45) is 0.464. The van der Waals surface area contributed by atoms with Crippen LogP contribution in [0.2, 0.25) is 0 Å². The van der Waals surface area contributed by atoms with E-state index < -0.39 is 15.3 Å². The fourth-order valence-electron chi connectivity index (χ4n) is 2.43. The molecule has 2 aliphatic rings. The van der Waals surface area contributed by atoms with E-state index in [9.17, 15) is 4.79 Å². The van der Waals surface area contributed by atoms with E-state index in [1.165, 1.54) is 0 Å². The van der Waals surface area contributed by atoms with E-state index in [0.717, 1.165) is 11.3 Å². The normalized spacial score (nSPS) is 25.6. The summed E-state index contributed by atoms with van der Waals surface area (Å²) in [6, 6.07) is 5.64. The molecule has 3 rings (SSSR count). The van der Waals surface area contributed by atoms with E-state index >= 15 is 0 Å². The van der Waals surface area contributed by atoms with Crippen LogP contribution in [0.15, 0.2) is 18.2 Å². The van der Waals surface area contributed by atoms with Gasteiger partial charge in [0.1, 0.15) is 4.33 Å². The van der Waals surface area contributed by atoms with Gasteiger partial charge in [-0.05, 0) is 44.9 Å². The van der Waals surface area contributed by atoms with Gasteiger partial charge < -0.3 is 14.8 Å². The Morgan fingerprint density at radius 2 is 1.90 bits per heavy atom. The number of rotatable bonds is 3. The van der Waals surface area contributed by atoms with Crippen molar-refractivity contribution in [2.75, 3.05) is 6.79 Å². The first-order valence-corrected chi connectivity index (χ1v) is 7.52. The Bertz CT molecular complexity index is 615. The molecule has 0 bridgehead atoms. The van der Waals surface area contributed by atoms with Crippen molar-refractivity contribution in [3.05, 3.63) is 23.8 Å². The third kappa shape index (κ3) is 2.34. The van der Waals surface area contributed by atoms with Gasteiger partial charge in [-0.1, -0.05) is 6.07 Å². The maximum atomic E-state index is 12.4. The molecular formula is C15H17Cl2NO3. The van der Waals surface area contributed by atoms with E-state index in [2.05, 4.69) is 5.32 Å². The number of halogens is 2. The van der Waals surface area contributed by atoms with Crippen LogP contribution >= 0.6 is 23.2 Å². The highest BCUT2D eigenvalue weighted by molar-refractivity contribution is 6.53. The van der Waals surface area contributed by atoms with Gasteiger partial charge in [0, 0.05) is 0 Å². The Morgan fingerprint density at radius 3 is 2.52 bits per heavy atom. The quantitative estimate of drug-likeness (QED) is 0.865. The number of ether oxygens (including phenoxy) is 2. The average molecular weight is 330 g/mol. The molecule has 0 unspecified atom stereocenters. The number of nitrogens with one attached hydrogen (secondary N) is 1. The average Bonchev–Trinajstić information content (AvgIpc) is 2.77. The van der Waals surface area contributed by atoms with Crippen LogP contribution in [0.3, 0.4) is 0 Å². The third-order valence-corrected chi connectivity index (χ3v) is 5.38.